The Morgan fingerprint density at radius 3 is 2.19 bits per heavy atom. The predicted molar refractivity (Wildman–Crippen MR) is 80.9 cm³/mol. The van der Waals surface area contributed by atoms with E-state index in [2.05, 4.69) is 10.1 Å². The highest BCUT2D eigenvalue weighted by atomic mass is 16.5. The standard InChI is InChI=1S/C16H23NO4/c1-6-17-13(9-14(18)21-5)16(19)15-10(2)7-12(20-4)8-11(15)3/h7-8,13,17H,6,9H2,1-5H3. The van der Waals surface area contributed by atoms with Crippen molar-refractivity contribution in [3.8, 4) is 5.75 Å². The third kappa shape index (κ3) is 4.29. The number of Topliss-reactive ketones (excluding diaryl/α,β-unsaturated/α-hetero) is 1. The summed E-state index contributed by atoms with van der Waals surface area (Å²) in [6.45, 7) is 6.22. The molecule has 1 aromatic rings. The second-order valence-electron chi connectivity index (χ2n) is 4.89. The highest BCUT2D eigenvalue weighted by Crippen LogP contribution is 2.23. The molecule has 0 aromatic heterocycles. The first kappa shape index (κ1) is 17.2. The van der Waals surface area contributed by atoms with Gasteiger partial charge in [-0.25, -0.2) is 0 Å². The fraction of sp³-hybridized carbons (Fsp3) is 0.500. The number of aryl methyl sites for hydroxylation is 2. The normalized spacial score (nSPS) is 11.9. The van der Waals surface area contributed by atoms with Gasteiger partial charge >= 0.3 is 5.97 Å². The molecule has 1 unspecified atom stereocenters. The van der Waals surface area contributed by atoms with Gasteiger partial charge in [0.2, 0.25) is 0 Å². The molecule has 0 aliphatic heterocycles. The van der Waals surface area contributed by atoms with Crippen LogP contribution in [-0.4, -0.2) is 38.6 Å². The summed E-state index contributed by atoms with van der Waals surface area (Å²) in [6, 6.07) is 3.07. The maximum absolute atomic E-state index is 12.7. The van der Waals surface area contributed by atoms with Crippen LogP contribution in [0.5, 0.6) is 5.75 Å². The lowest BCUT2D eigenvalue weighted by atomic mass is 9.93. The number of ketones is 1. The molecule has 0 spiro atoms. The summed E-state index contributed by atoms with van der Waals surface area (Å²) in [4.78, 5) is 24.2. The van der Waals surface area contributed by atoms with Gasteiger partial charge in [-0.05, 0) is 43.7 Å². The van der Waals surface area contributed by atoms with Crippen LogP contribution in [0.1, 0.15) is 34.8 Å². The first-order valence-electron chi connectivity index (χ1n) is 6.94. The molecule has 0 fully saturated rings. The number of hydrogen-bond donors (Lipinski definition) is 1. The molecule has 0 saturated heterocycles. The monoisotopic (exact) mass is 293 g/mol. The largest absolute Gasteiger partial charge is 0.497 e. The van der Waals surface area contributed by atoms with Crippen molar-refractivity contribution in [2.75, 3.05) is 20.8 Å². The van der Waals surface area contributed by atoms with Crippen molar-refractivity contribution >= 4 is 11.8 Å². The summed E-state index contributed by atoms with van der Waals surface area (Å²) >= 11 is 0. The van der Waals surface area contributed by atoms with Gasteiger partial charge in [0.1, 0.15) is 5.75 Å². The smallest absolute Gasteiger partial charge is 0.307 e. The number of esters is 1. The Hall–Kier alpha value is -1.88. The van der Waals surface area contributed by atoms with Crippen molar-refractivity contribution in [3.05, 3.63) is 28.8 Å². The molecule has 0 saturated carbocycles. The van der Waals surface area contributed by atoms with Gasteiger partial charge in [-0.15, -0.1) is 0 Å². The van der Waals surface area contributed by atoms with Gasteiger partial charge < -0.3 is 14.8 Å². The summed E-state index contributed by atoms with van der Waals surface area (Å²) in [7, 11) is 2.91. The van der Waals surface area contributed by atoms with E-state index in [0.29, 0.717) is 12.1 Å². The van der Waals surface area contributed by atoms with Crippen LogP contribution in [-0.2, 0) is 9.53 Å². The first-order valence-corrected chi connectivity index (χ1v) is 6.94. The highest BCUT2D eigenvalue weighted by molar-refractivity contribution is 6.04. The third-order valence-electron chi connectivity index (χ3n) is 3.35. The minimum atomic E-state index is -0.576. The van der Waals surface area contributed by atoms with Gasteiger partial charge in [0.25, 0.3) is 0 Å². The van der Waals surface area contributed by atoms with E-state index in [0.717, 1.165) is 16.9 Å². The van der Waals surface area contributed by atoms with E-state index in [4.69, 9.17) is 4.74 Å². The zero-order valence-corrected chi connectivity index (χ0v) is 13.3. The quantitative estimate of drug-likeness (QED) is 0.615. The Morgan fingerprint density at radius 1 is 1.19 bits per heavy atom. The second kappa shape index (κ2) is 7.78. The molecule has 1 N–H and O–H groups in total. The molecule has 0 amide bonds. The van der Waals surface area contributed by atoms with Gasteiger partial charge in [0, 0.05) is 5.56 Å². The lowest BCUT2D eigenvalue weighted by Crippen LogP contribution is -2.39. The Bertz CT molecular complexity index is 502. The Kier molecular flexibility index (Phi) is 6.37. The van der Waals surface area contributed by atoms with Crippen molar-refractivity contribution in [2.45, 2.75) is 33.2 Å². The zero-order chi connectivity index (χ0) is 16.0. The van der Waals surface area contributed by atoms with Gasteiger partial charge in [0.15, 0.2) is 5.78 Å². The van der Waals surface area contributed by atoms with E-state index in [1.807, 2.05) is 32.9 Å². The lowest BCUT2D eigenvalue weighted by Gasteiger charge is -2.19. The van der Waals surface area contributed by atoms with E-state index in [1.54, 1.807) is 7.11 Å². The van der Waals surface area contributed by atoms with Crippen LogP contribution in [0, 0.1) is 13.8 Å². The number of ether oxygens (including phenoxy) is 2. The van der Waals surface area contributed by atoms with Crippen LogP contribution < -0.4 is 10.1 Å². The molecule has 0 radical (unpaired) electrons. The number of hydrogen-bond acceptors (Lipinski definition) is 5. The summed E-state index contributed by atoms with van der Waals surface area (Å²) in [5.74, 6) is 0.215. The number of carbonyl (C=O) groups is 2. The lowest BCUT2D eigenvalue weighted by molar-refractivity contribution is -0.140. The van der Waals surface area contributed by atoms with Crippen molar-refractivity contribution in [1.82, 2.24) is 5.32 Å². The average Bonchev–Trinajstić information content (AvgIpc) is 2.45. The molecule has 1 atom stereocenters. The van der Waals surface area contributed by atoms with Crippen molar-refractivity contribution in [2.24, 2.45) is 0 Å². The molecule has 0 aliphatic carbocycles. The number of rotatable bonds is 7. The number of likely N-dealkylation sites (N-methyl/N-ethyl adjacent to an activating group) is 1. The van der Waals surface area contributed by atoms with Gasteiger partial charge in [-0.3, -0.25) is 9.59 Å². The molecule has 0 bridgehead atoms. The molecule has 1 rings (SSSR count). The first-order chi connectivity index (χ1) is 9.94. The molecular formula is C16H23NO4. The topological polar surface area (TPSA) is 64.6 Å². The van der Waals surface area contributed by atoms with E-state index in [1.165, 1.54) is 7.11 Å². The summed E-state index contributed by atoms with van der Waals surface area (Å²) in [6.07, 6.45) is 0.0219. The maximum Gasteiger partial charge on any atom is 0.307 e. The molecule has 1 aromatic carbocycles. The van der Waals surface area contributed by atoms with Crippen LogP contribution in [0.25, 0.3) is 0 Å². The Balaban J connectivity index is 3.11. The molecule has 0 heterocycles. The number of nitrogens with one attached hydrogen (secondary N) is 1. The van der Waals surface area contributed by atoms with E-state index in [9.17, 15) is 9.59 Å². The minimum Gasteiger partial charge on any atom is -0.497 e. The molecule has 5 heteroatoms. The summed E-state index contributed by atoms with van der Waals surface area (Å²) in [5.41, 5.74) is 2.31. The molecule has 0 aliphatic rings. The molecule has 5 nitrogen and oxygen atoms in total. The van der Waals surface area contributed by atoms with E-state index < -0.39 is 12.0 Å². The van der Waals surface area contributed by atoms with Gasteiger partial charge in [-0.2, -0.15) is 0 Å². The van der Waals surface area contributed by atoms with Gasteiger partial charge in [0.05, 0.1) is 26.7 Å². The van der Waals surface area contributed by atoms with Crippen LogP contribution in [0.4, 0.5) is 0 Å². The Morgan fingerprint density at radius 2 is 1.76 bits per heavy atom. The van der Waals surface area contributed by atoms with Crippen LogP contribution in [0.2, 0.25) is 0 Å². The molecule has 21 heavy (non-hydrogen) atoms. The fourth-order valence-electron chi connectivity index (χ4n) is 2.36. The third-order valence-corrected chi connectivity index (χ3v) is 3.35. The molecule has 116 valence electrons. The SMILES string of the molecule is CCNC(CC(=O)OC)C(=O)c1c(C)cc(OC)cc1C. The number of benzene rings is 1. The molecular weight excluding hydrogens is 270 g/mol. The van der Waals surface area contributed by atoms with E-state index in [-0.39, 0.29) is 12.2 Å². The van der Waals surface area contributed by atoms with Crippen LogP contribution in [0.15, 0.2) is 12.1 Å². The van der Waals surface area contributed by atoms with Crippen LogP contribution in [0.3, 0.4) is 0 Å². The number of methoxy groups -OCH3 is 2. The maximum atomic E-state index is 12.7. The van der Waals surface area contributed by atoms with Crippen molar-refractivity contribution < 1.29 is 19.1 Å². The van der Waals surface area contributed by atoms with E-state index >= 15 is 0 Å². The van der Waals surface area contributed by atoms with Crippen molar-refractivity contribution in [1.29, 1.82) is 0 Å². The zero-order valence-electron chi connectivity index (χ0n) is 13.3. The van der Waals surface area contributed by atoms with Crippen molar-refractivity contribution in [3.63, 3.8) is 0 Å². The van der Waals surface area contributed by atoms with Crippen LogP contribution >= 0.6 is 0 Å². The highest BCUT2D eigenvalue weighted by Gasteiger charge is 2.25. The Labute approximate surface area is 125 Å². The average molecular weight is 293 g/mol. The predicted octanol–water partition coefficient (Wildman–Crippen LogP) is 2.04. The summed E-state index contributed by atoms with van der Waals surface area (Å²) < 4.78 is 9.86. The minimum absolute atomic E-state index is 0.0219. The van der Waals surface area contributed by atoms with Gasteiger partial charge in [-0.1, -0.05) is 6.92 Å². The summed E-state index contributed by atoms with van der Waals surface area (Å²) in [5, 5.41) is 3.05. The number of carbonyl (C=O) groups excluding carboxylic acids is 2. The fourth-order valence-corrected chi connectivity index (χ4v) is 2.36. The second-order valence-corrected chi connectivity index (χ2v) is 4.89.